The molecule has 0 saturated carbocycles. The molecule has 0 unspecified atom stereocenters. The molecule has 1 aromatic heterocycles. The Kier molecular flexibility index (Phi) is 4.54. The number of piperidine rings is 1. The second-order valence-corrected chi connectivity index (χ2v) is 8.13. The van der Waals surface area contributed by atoms with Crippen molar-refractivity contribution < 1.29 is 4.42 Å². The van der Waals surface area contributed by atoms with Gasteiger partial charge in [-0.25, -0.2) is 0 Å². The number of hydrogen-bond donors (Lipinski definition) is 0. The molecule has 1 fully saturated rings. The summed E-state index contributed by atoms with van der Waals surface area (Å²) in [7, 11) is 0. The van der Waals surface area contributed by atoms with Crippen molar-refractivity contribution in [3.05, 3.63) is 39.5 Å². The van der Waals surface area contributed by atoms with E-state index in [2.05, 4.69) is 40.7 Å². The van der Waals surface area contributed by atoms with Gasteiger partial charge in [-0.1, -0.05) is 35.8 Å². The molecular formula is C19H24BrNO2. The monoisotopic (exact) mass is 377 g/mol. The van der Waals surface area contributed by atoms with Crippen LogP contribution < -0.4 is 10.3 Å². The Bertz CT molecular complexity index is 769. The summed E-state index contributed by atoms with van der Waals surface area (Å²) in [5.41, 5.74) is 3.40. The van der Waals surface area contributed by atoms with E-state index in [0.717, 1.165) is 60.3 Å². The molecule has 0 spiro atoms. The number of rotatable bonds is 3. The smallest absolute Gasteiger partial charge is 0.199 e. The number of aryl methyl sites for hydroxylation is 2. The minimum Gasteiger partial charge on any atom is -0.440 e. The highest BCUT2D eigenvalue weighted by molar-refractivity contribution is 9.09. The van der Waals surface area contributed by atoms with Crippen molar-refractivity contribution in [3.63, 3.8) is 0 Å². The molecule has 0 bridgehead atoms. The third-order valence-corrected chi connectivity index (χ3v) is 5.23. The number of fused-ring (bicyclic) bond motifs is 1. The molecular weight excluding hydrogens is 354 g/mol. The zero-order chi connectivity index (χ0) is 16.6. The summed E-state index contributed by atoms with van der Waals surface area (Å²) < 4.78 is 6.19. The quantitative estimate of drug-likeness (QED) is 0.728. The lowest BCUT2D eigenvalue weighted by molar-refractivity contribution is 0.274. The first-order chi connectivity index (χ1) is 10.9. The van der Waals surface area contributed by atoms with Crippen LogP contribution in [0.3, 0.4) is 0 Å². The van der Waals surface area contributed by atoms with Gasteiger partial charge in [0, 0.05) is 24.5 Å². The van der Waals surface area contributed by atoms with E-state index < -0.39 is 0 Å². The molecule has 0 atom stereocenters. The zero-order valence-corrected chi connectivity index (χ0v) is 15.7. The standard InChI is InChI=1S/C19H24BrNO2/c1-13-10-14(4-7-20)18-15(11-13)16(22)12-17(23-18)21-8-5-19(2,3)6-9-21/h10-12H,4-9H2,1-3H3. The number of hydrogen-bond acceptors (Lipinski definition) is 3. The first-order valence-corrected chi connectivity index (χ1v) is 9.40. The molecule has 0 aliphatic carbocycles. The zero-order valence-electron chi connectivity index (χ0n) is 14.1. The van der Waals surface area contributed by atoms with Gasteiger partial charge in [0.05, 0.1) is 5.39 Å². The average Bonchev–Trinajstić information content (AvgIpc) is 2.48. The SMILES string of the molecule is Cc1cc(CCBr)c2oc(N3CCC(C)(C)CC3)cc(=O)c2c1. The van der Waals surface area contributed by atoms with Crippen molar-refractivity contribution in [2.45, 2.75) is 40.0 Å². The minimum absolute atomic E-state index is 0.0607. The Hall–Kier alpha value is -1.29. The molecule has 0 N–H and O–H groups in total. The molecule has 4 heteroatoms. The summed E-state index contributed by atoms with van der Waals surface area (Å²) in [4.78, 5) is 14.8. The fourth-order valence-corrected chi connectivity index (χ4v) is 3.68. The van der Waals surface area contributed by atoms with E-state index in [4.69, 9.17) is 4.42 Å². The molecule has 124 valence electrons. The lowest BCUT2D eigenvalue weighted by Gasteiger charge is -2.37. The topological polar surface area (TPSA) is 33.5 Å². The maximum absolute atomic E-state index is 12.6. The molecule has 2 aromatic rings. The van der Waals surface area contributed by atoms with Crippen LogP contribution in [0.5, 0.6) is 0 Å². The van der Waals surface area contributed by atoms with Gasteiger partial charge in [-0.05, 0) is 48.8 Å². The number of anilines is 1. The largest absolute Gasteiger partial charge is 0.440 e. The van der Waals surface area contributed by atoms with E-state index in [9.17, 15) is 4.79 Å². The molecule has 1 aromatic carbocycles. The van der Waals surface area contributed by atoms with Gasteiger partial charge in [0.15, 0.2) is 11.3 Å². The van der Waals surface area contributed by atoms with E-state index in [1.165, 1.54) is 0 Å². The highest BCUT2D eigenvalue weighted by Crippen LogP contribution is 2.33. The van der Waals surface area contributed by atoms with Gasteiger partial charge in [-0.2, -0.15) is 0 Å². The highest BCUT2D eigenvalue weighted by Gasteiger charge is 2.27. The minimum atomic E-state index is 0.0607. The number of halogens is 1. The van der Waals surface area contributed by atoms with Crippen molar-refractivity contribution in [2.24, 2.45) is 5.41 Å². The first-order valence-electron chi connectivity index (χ1n) is 8.28. The van der Waals surface area contributed by atoms with Crippen LogP contribution >= 0.6 is 15.9 Å². The van der Waals surface area contributed by atoms with Gasteiger partial charge in [0.25, 0.3) is 0 Å². The van der Waals surface area contributed by atoms with Crippen molar-refractivity contribution in [1.82, 2.24) is 0 Å². The lowest BCUT2D eigenvalue weighted by Crippen LogP contribution is -2.37. The van der Waals surface area contributed by atoms with E-state index >= 15 is 0 Å². The van der Waals surface area contributed by atoms with Crippen molar-refractivity contribution in [2.75, 3.05) is 23.3 Å². The third-order valence-electron chi connectivity index (χ3n) is 4.83. The molecule has 1 aliphatic heterocycles. The molecule has 0 radical (unpaired) electrons. The summed E-state index contributed by atoms with van der Waals surface area (Å²) in [6, 6.07) is 5.72. The number of nitrogens with zero attached hydrogens (tertiary/aromatic N) is 1. The summed E-state index contributed by atoms with van der Waals surface area (Å²) >= 11 is 3.49. The van der Waals surface area contributed by atoms with Crippen LogP contribution in [0.2, 0.25) is 0 Å². The fraction of sp³-hybridized carbons (Fsp3) is 0.526. The Labute approximate surface area is 145 Å². The summed E-state index contributed by atoms with van der Waals surface area (Å²) in [5, 5.41) is 1.55. The predicted molar refractivity (Wildman–Crippen MR) is 99.9 cm³/mol. The van der Waals surface area contributed by atoms with Gasteiger partial charge in [0.1, 0.15) is 5.58 Å². The predicted octanol–water partition coefficient (Wildman–Crippen LogP) is 4.67. The molecule has 1 aliphatic rings. The molecule has 1 saturated heterocycles. The van der Waals surface area contributed by atoms with Crippen LogP contribution in [-0.2, 0) is 6.42 Å². The van der Waals surface area contributed by atoms with E-state index in [-0.39, 0.29) is 5.43 Å². The summed E-state index contributed by atoms with van der Waals surface area (Å²) in [6.45, 7) is 8.52. The Morgan fingerprint density at radius 2 is 1.91 bits per heavy atom. The van der Waals surface area contributed by atoms with Gasteiger partial charge in [-0.3, -0.25) is 4.79 Å². The molecule has 0 amide bonds. The summed E-state index contributed by atoms with van der Waals surface area (Å²) in [6.07, 6.45) is 3.10. The third kappa shape index (κ3) is 3.47. The van der Waals surface area contributed by atoms with Crippen LogP contribution in [0.25, 0.3) is 11.0 Å². The van der Waals surface area contributed by atoms with E-state index in [0.29, 0.717) is 10.8 Å². The van der Waals surface area contributed by atoms with Gasteiger partial charge in [0.2, 0.25) is 0 Å². The van der Waals surface area contributed by atoms with Crippen molar-refractivity contribution >= 4 is 32.8 Å². The fourth-order valence-electron chi connectivity index (χ4n) is 3.25. The van der Waals surface area contributed by atoms with Gasteiger partial charge >= 0.3 is 0 Å². The maximum Gasteiger partial charge on any atom is 0.199 e. The highest BCUT2D eigenvalue weighted by atomic mass is 79.9. The van der Waals surface area contributed by atoms with Crippen LogP contribution in [-0.4, -0.2) is 18.4 Å². The Balaban J connectivity index is 2.05. The molecule has 23 heavy (non-hydrogen) atoms. The van der Waals surface area contributed by atoms with Gasteiger partial charge in [-0.15, -0.1) is 0 Å². The van der Waals surface area contributed by atoms with Crippen LogP contribution in [0, 0.1) is 12.3 Å². The number of alkyl halides is 1. The van der Waals surface area contributed by atoms with Crippen LogP contribution in [0.4, 0.5) is 5.88 Å². The van der Waals surface area contributed by atoms with Gasteiger partial charge < -0.3 is 9.32 Å². The van der Waals surface area contributed by atoms with Crippen molar-refractivity contribution in [3.8, 4) is 0 Å². The lowest BCUT2D eigenvalue weighted by atomic mass is 9.83. The van der Waals surface area contributed by atoms with Crippen LogP contribution in [0.1, 0.15) is 37.8 Å². The summed E-state index contributed by atoms with van der Waals surface area (Å²) in [5.74, 6) is 0.720. The second kappa shape index (κ2) is 6.31. The van der Waals surface area contributed by atoms with E-state index in [1.54, 1.807) is 6.07 Å². The number of benzene rings is 1. The Morgan fingerprint density at radius 3 is 2.57 bits per heavy atom. The second-order valence-electron chi connectivity index (χ2n) is 7.34. The first kappa shape index (κ1) is 16.6. The van der Waals surface area contributed by atoms with E-state index in [1.807, 2.05) is 13.0 Å². The average molecular weight is 378 g/mol. The molecule has 3 rings (SSSR count). The normalized spacial score (nSPS) is 17.7. The molecule has 2 heterocycles. The van der Waals surface area contributed by atoms with Crippen LogP contribution in [0.15, 0.2) is 27.4 Å². The Morgan fingerprint density at radius 1 is 1.22 bits per heavy atom. The molecule has 3 nitrogen and oxygen atoms in total. The van der Waals surface area contributed by atoms with Crippen molar-refractivity contribution in [1.29, 1.82) is 0 Å². The maximum atomic E-state index is 12.6.